The Bertz CT molecular complexity index is 860. The van der Waals surface area contributed by atoms with E-state index in [1.165, 1.54) is 88.3 Å². The van der Waals surface area contributed by atoms with E-state index < -0.39 is 0 Å². The van der Waals surface area contributed by atoms with Crippen molar-refractivity contribution in [3.63, 3.8) is 0 Å². The van der Waals surface area contributed by atoms with Gasteiger partial charge in [0.25, 0.3) is 0 Å². The normalized spacial score (nSPS) is 20.8. The van der Waals surface area contributed by atoms with Gasteiger partial charge < -0.3 is 0 Å². The highest BCUT2D eigenvalue weighted by atomic mass is 32.3. The van der Waals surface area contributed by atoms with Crippen molar-refractivity contribution in [1.29, 1.82) is 0 Å². The van der Waals surface area contributed by atoms with Crippen LogP contribution in [0.25, 0.3) is 0 Å². The van der Waals surface area contributed by atoms with Gasteiger partial charge in [0, 0.05) is 0 Å². The molecule has 0 N–H and O–H groups in total. The Labute approximate surface area is 258 Å². The predicted molar refractivity (Wildman–Crippen MR) is 187 cm³/mol. The summed E-state index contributed by atoms with van der Waals surface area (Å²) in [6, 6.07) is 0. The summed E-state index contributed by atoms with van der Waals surface area (Å²) in [4.78, 5) is 0. The second-order valence-electron chi connectivity index (χ2n) is 7.54. The molecule has 0 saturated carbocycles. The molecule has 0 amide bonds. The molecule has 0 aliphatic carbocycles. The number of hydrogen-bond donors (Lipinski definition) is 2. The molecule has 0 spiro atoms. The number of unbranched alkanes of at least 4 members (excludes halogenated alkanes) is 6. The van der Waals surface area contributed by atoms with Gasteiger partial charge in [0.1, 0.15) is 0 Å². The molecule has 4 rings (SSSR count). The first-order valence-corrected chi connectivity index (χ1v) is 20.8. The summed E-state index contributed by atoms with van der Waals surface area (Å²) < 4.78 is 13.8. The molecule has 0 unspecified atom stereocenters. The van der Waals surface area contributed by atoms with Gasteiger partial charge in [-0.25, -0.2) is 0 Å². The van der Waals surface area contributed by atoms with Gasteiger partial charge in [-0.3, -0.25) is 0 Å². The van der Waals surface area contributed by atoms with E-state index in [-0.39, 0.29) is 0 Å². The number of thioether (sulfide) groups is 10. The predicted octanol–water partition coefficient (Wildman–Crippen LogP) is 13.0. The van der Waals surface area contributed by atoms with Crippen LogP contribution in [0.2, 0.25) is 0 Å². The van der Waals surface area contributed by atoms with Gasteiger partial charge in [-0.15, -0.1) is 48.8 Å². The van der Waals surface area contributed by atoms with Crippen LogP contribution in [0.3, 0.4) is 0 Å². The van der Waals surface area contributed by atoms with Crippen molar-refractivity contribution in [2.75, 3.05) is 11.5 Å². The molecule has 0 fully saturated rings. The van der Waals surface area contributed by atoms with E-state index in [9.17, 15) is 0 Å². The zero-order valence-corrected chi connectivity index (χ0v) is 29.0. The first-order chi connectivity index (χ1) is 16.6. The van der Waals surface area contributed by atoms with Crippen LogP contribution >= 0.6 is 143 Å². The van der Waals surface area contributed by atoms with Gasteiger partial charge in [-0.1, -0.05) is 146 Å². The molecular formula is C22H28S12. The summed E-state index contributed by atoms with van der Waals surface area (Å²) >= 11 is 28.7. The lowest BCUT2D eigenvalue weighted by molar-refractivity contribution is 0.707. The molecule has 0 radical (unpaired) electrons. The average Bonchev–Trinajstić information content (AvgIpc) is 3.57. The quantitative estimate of drug-likeness (QED) is 0.151. The minimum absolute atomic E-state index is 1.02. The third-order valence-electron chi connectivity index (χ3n) is 4.80. The smallest absolute Gasteiger partial charge is 0.0718 e. The molecule has 4 heterocycles. The summed E-state index contributed by atoms with van der Waals surface area (Å²) in [5.41, 5.74) is 0. The average molecular weight is 677 g/mol. The molecule has 188 valence electrons. The van der Waals surface area contributed by atoms with E-state index in [2.05, 4.69) is 62.6 Å². The van der Waals surface area contributed by atoms with E-state index >= 15 is 0 Å². The molecule has 0 aromatic heterocycles. The summed E-state index contributed by atoms with van der Waals surface area (Å²) in [6.45, 7) is 4.58. The van der Waals surface area contributed by atoms with Crippen molar-refractivity contribution in [2.45, 2.75) is 65.2 Å². The standard InChI is InChI=1S/C22H28S12/c1-3-5-7-9-11-25-15-16(26-12-10-8-6-4-2)30-19(29-15)20-33-21-22(34-20)32-18(31-21)17-27-13(23)14(24)28-17/h23-24H,3-12H2,1-2H3. The van der Waals surface area contributed by atoms with E-state index in [4.69, 9.17) is 0 Å². The maximum Gasteiger partial charge on any atom is 0.0718 e. The Kier molecular flexibility index (Phi) is 13.7. The molecular weight excluding hydrogens is 649 g/mol. The van der Waals surface area contributed by atoms with Crippen LogP contribution in [-0.4, -0.2) is 11.5 Å². The Hall–Kier alpha value is 2.90. The van der Waals surface area contributed by atoms with Crippen LogP contribution in [0.4, 0.5) is 0 Å². The fraction of sp³-hybridized carbons (Fsp3) is 0.545. The highest BCUT2D eigenvalue weighted by Gasteiger charge is 2.36. The first kappa shape index (κ1) is 29.9. The van der Waals surface area contributed by atoms with Crippen molar-refractivity contribution < 1.29 is 0 Å². The minimum atomic E-state index is 1.02. The fourth-order valence-electron chi connectivity index (χ4n) is 3.04. The SMILES string of the molecule is CCCCCCSC1=C(SCCCCCC)SC(=C2SC3=C(SC(=C4SC(S)=C(S)S4)S3)S2)S1. The van der Waals surface area contributed by atoms with Crippen molar-refractivity contribution in [1.82, 2.24) is 0 Å². The van der Waals surface area contributed by atoms with E-state index in [0.29, 0.717) is 0 Å². The molecule has 34 heavy (non-hydrogen) atoms. The fourth-order valence-corrected chi connectivity index (χ4v) is 19.1. The number of rotatable bonds is 12. The molecule has 4 aliphatic rings. The second-order valence-corrected chi connectivity index (χ2v) is 21.5. The molecule has 0 aromatic rings. The van der Waals surface area contributed by atoms with Crippen LogP contribution in [0.1, 0.15) is 65.2 Å². The van der Waals surface area contributed by atoms with Crippen LogP contribution in [0, 0.1) is 0 Å². The third-order valence-corrected chi connectivity index (χ3v) is 20.8. The molecule has 0 saturated heterocycles. The monoisotopic (exact) mass is 676 g/mol. The Morgan fingerprint density at radius 3 is 1.21 bits per heavy atom. The Morgan fingerprint density at radius 1 is 0.471 bits per heavy atom. The Morgan fingerprint density at radius 2 is 0.824 bits per heavy atom. The van der Waals surface area contributed by atoms with Crippen LogP contribution < -0.4 is 0 Å². The van der Waals surface area contributed by atoms with Gasteiger partial charge in [0.15, 0.2) is 0 Å². The first-order valence-electron chi connectivity index (χ1n) is 11.4. The van der Waals surface area contributed by atoms with Crippen LogP contribution in [-0.2, 0) is 0 Å². The topological polar surface area (TPSA) is 0 Å². The van der Waals surface area contributed by atoms with E-state index in [1.807, 2.05) is 70.6 Å². The van der Waals surface area contributed by atoms with Crippen molar-refractivity contribution in [2.24, 2.45) is 0 Å². The lowest BCUT2D eigenvalue weighted by Crippen LogP contribution is -1.83. The van der Waals surface area contributed by atoms with Crippen molar-refractivity contribution in [3.05, 3.63) is 42.4 Å². The number of thiol groups is 2. The minimum Gasteiger partial charge on any atom is -0.135 e. The Balaban J connectivity index is 1.33. The second kappa shape index (κ2) is 15.6. The molecule has 0 bridgehead atoms. The summed E-state index contributed by atoms with van der Waals surface area (Å²) in [5, 5.41) is 0. The van der Waals surface area contributed by atoms with Gasteiger partial charge in [-0.2, -0.15) is 0 Å². The molecule has 4 aliphatic heterocycles. The number of hydrogen-bond acceptors (Lipinski definition) is 12. The van der Waals surface area contributed by atoms with Gasteiger partial charge in [0.2, 0.25) is 0 Å². The van der Waals surface area contributed by atoms with Crippen molar-refractivity contribution >= 4 is 143 Å². The van der Waals surface area contributed by atoms with Crippen LogP contribution in [0.5, 0.6) is 0 Å². The summed E-state index contributed by atoms with van der Waals surface area (Å²) in [6.07, 6.45) is 10.8. The highest BCUT2D eigenvalue weighted by molar-refractivity contribution is 8.50. The lowest BCUT2D eigenvalue weighted by Gasteiger charge is -2.07. The van der Waals surface area contributed by atoms with Crippen molar-refractivity contribution in [3.8, 4) is 0 Å². The highest BCUT2D eigenvalue weighted by Crippen LogP contribution is 2.72. The maximum absolute atomic E-state index is 4.54. The molecule has 12 heteroatoms. The zero-order chi connectivity index (χ0) is 23.9. The van der Waals surface area contributed by atoms with E-state index in [0.717, 1.165) is 8.47 Å². The molecule has 0 atom stereocenters. The molecule has 0 aromatic carbocycles. The lowest BCUT2D eigenvalue weighted by atomic mass is 10.2. The zero-order valence-electron chi connectivity index (χ0n) is 19.0. The van der Waals surface area contributed by atoms with Gasteiger partial charge in [-0.05, 0) is 24.3 Å². The summed E-state index contributed by atoms with van der Waals surface area (Å²) in [5.74, 6) is 2.51. The van der Waals surface area contributed by atoms with Crippen LogP contribution in [0.15, 0.2) is 42.4 Å². The third kappa shape index (κ3) is 8.45. The van der Waals surface area contributed by atoms with E-state index in [1.54, 1.807) is 32.0 Å². The largest absolute Gasteiger partial charge is 0.135 e. The summed E-state index contributed by atoms with van der Waals surface area (Å²) in [7, 11) is 0. The van der Waals surface area contributed by atoms with Gasteiger partial charge in [0.05, 0.1) is 42.4 Å². The molecule has 0 nitrogen and oxygen atoms in total. The maximum atomic E-state index is 4.54. The van der Waals surface area contributed by atoms with Gasteiger partial charge >= 0.3 is 0 Å².